The summed E-state index contributed by atoms with van der Waals surface area (Å²) in [6.07, 6.45) is 0. The zero-order valence-corrected chi connectivity index (χ0v) is 15.3. The van der Waals surface area contributed by atoms with E-state index in [1.54, 1.807) is 18.4 Å². The van der Waals surface area contributed by atoms with Crippen LogP contribution in [0.1, 0.15) is 59.9 Å². The molecule has 0 bridgehead atoms. The van der Waals surface area contributed by atoms with Crippen molar-refractivity contribution in [3.05, 3.63) is 45.4 Å². The van der Waals surface area contributed by atoms with E-state index in [1.807, 2.05) is 24.3 Å². The second-order valence-corrected chi connectivity index (χ2v) is 7.12. The van der Waals surface area contributed by atoms with Crippen LogP contribution in [0.2, 0.25) is 0 Å². The maximum atomic E-state index is 9.79. The number of nitrogens with one attached hydrogen (secondary N) is 1. The lowest BCUT2D eigenvalue weighted by molar-refractivity contribution is 0.235. The molecule has 2 unspecified atom stereocenters. The Morgan fingerprint density at radius 2 is 2.04 bits per heavy atom. The van der Waals surface area contributed by atoms with Crippen LogP contribution >= 0.6 is 11.3 Å². The highest BCUT2D eigenvalue weighted by Gasteiger charge is 2.20. The van der Waals surface area contributed by atoms with Crippen LogP contribution in [0.4, 0.5) is 0 Å². The SMILES string of the molecule is COc1cccc(C(CO)NC(C)c2sc(C(C)C)nc2C)c1. The van der Waals surface area contributed by atoms with Gasteiger partial charge < -0.3 is 15.2 Å². The molecular weight excluding hydrogens is 308 g/mol. The molecule has 0 aliphatic rings. The average molecular weight is 334 g/mol. The Morgan fingerprint density at radius 3 is 2.61 bits per heavy atom. The van der Waals surface area contributed by atoms with Crippen LogP contribution in [0.25, 0.3) is 0 Å². The van der Waals surface area contributed by atoms with E-state index in [-0.39, 0.29) is 18.7 Å². The number of aliphatic hydroxyl groups excluding tert-OH is 1. The fourth-order valence-corrected chi connectivity index (χ4v) is 3.65. The van der Waals surface area contributed by atoms with E-state index in [2.05, 4.69) is 38.0 Å². The third kappa shape index (κ3) is 4.31. The van der Waals surface area contributed by atoms with Crippen molar-refractivity contribution in [1.82, 2.24) is 10.3 Å². The summed E-state index contributed by atoms with van der Waals surface area (Å²) in [6.45, 7) is 8.52. The molecule has 2 N–H and O–H groups in total. The van der Waals surface area contributed by atoms with Gasteiger partial charge in [0.25, 0.3) is 0 Å². The lowest BCUT2D eigenvalue weighted by atomic mass is 10.1. The first kappa shape index (κ1) is 17.9. The van der Waals surface area contributed by atoms with Crippen molar-refractivity contribution in [2.45, 2.75) is 45.7 Å². The normalized spacial score (nSPS) is 14.0. The summed E-state index contributed by atoms with van der Waals surface area (Å²) in [4.78, 5) is 5.89. The van der Waals surface area contributed by atoms with E-state index < -0.39 is 0 Å². The number of aryl methyl sites for hydroxylation is 1. The standard InChI is InChI=1S/C18H26N2O2S/c1-11(2)18-20-13(4)17(23-18)12(3)19-16(10-21)14-7-6-8-15(9-14)22-5/h6-9,11-12,16,19,21H,10H2,1-5H3. The molecule has 0 amide bonds. The van der Waals surface area contributed by atoms with Gasteiger partial charge in [-0.05, 0) is 31.5 Å². The molecule has 0 aliphatic carbocycles. The molecule has 0 fully saturated rings. The Bertz CT molecular complexity index is 640. The first-order chi connectivity index (χ1) is 11.0. The molecule has 4 nitrogen and oxygen atoms in total. The van der Waals surface area contributed by atoms with Gasteiger partial charge in [-0.3, -0.25) is 0 Å². The molecule has 0 saturated heterocycles. The lowest BCUT2D eigenvalue weighted by Crippen LogP contribution is -2.27. The monoisotopic (exact) mass is 334 g/mol. The van der Waals surface area contributed by atoms with Gasteiger partial charge in [-0.15, -0.1) is 11.3 Å². The van der Waals surface area contributed by atoms with Gasteiger partial charge in [0.2, 0.25) is 0 Å². The van der Waals surface area contributed by atoms with Gasteiger partial charge in [0.05, 0.1) is 30.5 Å². The van der Waals surface area contributed by atoms with E-state index >= 15 is 0 Å². The zero-order chi connectivity index (χ0) is 17.0. The topological polar surface area (TPSA) is 54.4 Å². The second kappa shape index (κ2) is 7.90. The molecule has 0 radical (unpaired) electrons. The predicted molar refractivity (Wildman–Crippen MR) is 95.3 cm³/mol. The average Bonchev–Trinajstić information content (AvgIpc) is 2.94. The predicted octanol–water partition coefficient (Wildman–Crippen LogP) is 3.97. The smallest absolute Gasteiger partial charge is 0.119 e. The number of rotatable bonds is 7. The first-order valence-corrected chi connectivity index (χ1v) is 8.76. The Kier molecular flexibility index (Phi) is 6.16. The molecule has 0 aliphatic heterocycles. The zero-order valence-electron chi connectivity index (χ0n) is 14.5. The second-order valence-electron chi connectivity index (χ2n) is 6.06. The number of benzene rings is 1. The van der Waals surface area contributed by atoms with E-state index in [1.165, 1.54) is 4.88 Å². The molecule has 23 heavy (non-hydrogen) atoms. The van der Waals surface area contributed by atoms with Crippen molar-refractivity contribution in [3.8, 4) is 5.75 Å². The molecule has 0 saturated carbocycles. The van der Waals surface area contributed by atoms with Crippen LogP contribution in [0, 0.1) is 6.92 Å². The van der Waals surface area contributed by atoms with Gasteiger partial charge in [-0.25, -0.2) is 4.98 Å². The number of thiazole rings is 1. The Balaban J connectivity index is 2.17. The molecule has 2 aromatic rings. The van der Waals surface area contributed by atoms with Gasteiger partial charge in [0, 0.05) is 16.8 Å². The van der Waals surface area contributed by atoms with Crippen molar-refractivity contribution in [2.24, 2.45) is 0 Å². The van der Waals surface area contributed by atoms with Gasteiger partial charge in [0.1, 0.15) is 5.75 Å². The number of aliphatic hydroxyl groups is 1. The van der Waals surface area contributed by atoms with E-state index in [0.717, 1.165) is 22.0 Å². The molecular formula is C18H26N2O2S. The Hall–Kier alpha value is -1.43. The van der Waals surface area contributed by atoms with Gasteiger partial charge in [-0.1, -0.05) is 26.0 Å². The van der Waals surface area contributed by atoms with E-state index in [4.69, 9.17) is 4.74 Å². The summed E-state index contributed by atoms with van der Waals surface area (Å²) >= 11 is 1.75. The lowest BCUT2D eigenvalue weighted by Gasteiger charge is -2.22. The van der Waals surface area contributed by atoms with Crippen LogP contribution in [0.3, 0.4) is 0 Å². The first-order valence-electron chi connectivity index (χ1n) is 7.94. The third-order valence-corrected chi connectivity index (χ3v) is 5.51. The largest absolute Gasteiger partial charge is 0.497 e. The summed E-state index contributed by atoms with van der Waals surface area (Å²) < 4.78 is 5.27. The number of nitrogens with zero attached hydrogens (tertiary/aromatic N) is 1. The Labute approximate surface area is 142 Å². The minimum Gasteiger partial charge on any atom is -0.497 e. The number of ether oxygens (including phenoxy) is 1. The number of hydrogen-bond acceptors (Lipinski definition) is 5. The summed E-state index contributed by atoms with van der Waals surface area (Å²) in [7, 11) is 1.65. The van der Waals surface area contributed by atoms with Crippen LogP contribution in [-0.2, 0) is 0 Å². The van der Waals surface area contributed by atoms with Gasteiger partial charge in [-0.2, -0.15) is 0 Å². The molecule has 2 atom stereocenters. The third-order valence-electron chi connectivity index (χ3n) is 3.87. The molecule has 1 heterocycles. The highest BCUT2D eigenvalue weighted by molar-refractivity contribution is 7.11. The Morgan fingerprint density at radius 1 is 1.30 bits per heavy atom. The molecule has 1 aromatic carbocycles. The fraction of sp³-hybridized carbons (Fsp3) is 0.500. The quantitative estimate of drug-likeness (QED) is 0.804. The summed E-state index contributed by atoms with van der Waals surface area (Å²) in [6, 6.07) is 7.80. The minimum atomic E-state index is -0.135. The number of methoxy groups -OCH3 is 1. The van der Waals surface area contributed by atoms with Gasteiger partial charge >= 0.3 is 0 Å². The van der Waals surface area contributed by atoms with E-state index in [9.17, 15) is 5.11 Å². The van der Waals surface area contributed by atoms with Crippen molar-refractivity contribution >= 4 is 11.3 Å². The number of hydrogen-bond donors (Lipinski definition) is 2. The molecule has 0 spiro atoms. The molecule has 126 valence electrons. The highest BCUT2D eigenvalue weighted by atomic mass is 32.1. The van der Waals surface area contributed by atoms with Gasteiger partial charge in [0.15, 0.2) is 0 Å². The van der Waals surface area contributed by atoms with Crippen LogP contribution in [0.15, 0.2) is 24.3 Å². The van der Waals surface area contributed by atoms with Crippen LogP contribution < -0.4 is 10.1 Å². The number of aromatic nitrogens is 1. The maximum Gasteiger partial charge on any atom is 0.119 e. The summed E-state index contributed by atoms with van der Waals surface area (Å²) in [5.74, 6) is 1.23. The van der Waals surface area contributed by atoms with E-state index in [0.29, 0.717) is 5.92 Å². The minimum absolute atomic E-state index is 0.0341. The molecule has 2 rings (SSSR count). The van der Waals surface area contributed by atoms with Crippen molar-refractivity contribution in [2.75, 3.05) is 13.7 Å². The molecule has 5 heteroatoms. The van der Waals surface area contributed by atoms with Crippen molar-refractivity contribution < 1.29 is 9.84 Å². The van der Waals surface area contributed by atoms with Crippen molar-refractivity contribution in [1.29, 1.82) is 0 Å². The summed E-state index contributed by atoms with van der Waals surface area (Å²) in [5.41, 5.74) is 2.09. The fourth-order valence-electron chi connectivity index (χ4n) is 2.57. The van der Waals surface area contributed by atoms with Crippen molar-refractivity contribution in [3.63, 3.8) is 0 Å². The maximum absolute atomic E-state index is 9.79. The summed E-state index contributed by atoms with van der Waals surface area (Å²) in [5, 5.41) is 14.5. The molecule has 1 aromatic heterocycles. The van der Waals surface area contributed by atoms with Crippen LogP contribution in [-0.4, -0.2) is 23.8 Å². The highest BCUT2D eigenvalue weighted by Crippen LogP contribution is 2.31. The van der Waals surface area contributed by atoms with Crippen LogP contribution in [0.5, 0.6) is 5.75 Å².